The van der Waals surface area contributed by atoms with Crippen molar-refractivity contribution >= 4 is 58.8 Å². The summed E-state index contributed by atoms with van der Waals surface area (Å²) < 4.78 is 40.8. The van der Waals surface area contributed by atoms with Crippen molar-refractivity contribution in [1.82, 2.24) is 0 Å². The summed E-state index contributed by atoms with van der Waals surface area (Å²) in [5.41, 5.74) is 0. The van der Waals surface area contributed by atoms with Crippen LogP contribution in [0.25, 0.3) is 0 Å². The maximum absolute atomic E-state index is 6.81. The maximum Gasteiger partial charge on any atom is 0.515 e. The van der Waals surface area contributed by atoms with Gasteiger partial charge in [-0.3, -0.25) is 0 Å². The molecule has 0 rings (SSSR count). The Morgan fingerprint density at radius 3 is 0.712 bits per heavy atom. The molecule has 0 aromatic rings. The monoisotopic (exact) mass is 1040 g/mol. The Morgan fingerprint density at radius 2 is 0.515 bits per heavy atom. The summed E-state index contributed by atoms with van der Waals surface area (Å²) in [5.74, 6) is 0. The molecule has 0 fully saturated rings. The standard InChI is InChI=1S/C54H110O6S4Si2/c1-9-17-19-21-23-25-27-29-31-33-35-37-39-41-43-45-53(65(55-47-11-3,56-48-12-4)57-49-13-5)61-63-64-62-54(66(58-50-14-6,59-51-15-7)60-52-16-8)46-44-42-40-38-36-34-32-30-28-26-24-22-20-18-10-2/h9-10,53-54H,1-2,11-52H2,3-8H3. The molecule has 394 valence electrons. The Balaban J connectivity index is 5.60. The predicted molar refractivity (Wildman–Crippen MR) is 306 cm³/mol. The van der Waals surface area contributed by atoms with E-state index in [0.717, 1.165) is 51.4 Å². The van der Waals surface area contributed by atoms with E-state index in [1.165, 1.54) is 180 Å². The highest BCUT2D eigenvalue weighted by Crippen LogP contribution is 2.52. The second-order valence-corrected chi connectivity index (χ2v) is 31.1. The van der Waals surface area contributed by atoms with E-state index >= 15 is 0 Å². The van der Waals surface area contributed by atoms with Crippen LogP contribution in [0, 0.1) is 0 Å². The molecule has 0 bridgehead atoms. The van der Waals surface area contributed by atoms with E-state index in [1.54, 1.807) is 0 Å². The van der Waals surface area contributed by atoms with Gasteiger partial charge in [0.2, 0.25) is 0 Å². The van der Waals surface area contributed by atoms with Crippen molar-refractivity contribution in [2.45, 2.75) is 282 Å². The molecule has 0 aliphatic carbocycles. The molecule has 6 nitrogen and oxygen atoms in total. The van der Waals surface area contributed by atoms with Crippen LogP contribution < -0.4 is 0 Å². The fourth-order valence-electron chi connectivity index (χ4n) is 8.09. The van der Waals surface area contributed by atoms with Gasteiger partial charge < -0.3 is 26.6 Å². The summed E-state index contributed by atoms with van der Waals surface area (Å²) in [7, 11) is 1.76. The second kappa shape index (κ2) is 52.4. The van der Waals surface area contributed by atoms with Crippen LogP contribution in [-0.2, 0) is 26.6 Å². The van der Waals surface area contributed by atoms with Gasteiger partial charge in [0.05, 0.1) is 9.75 Å². The smallest absolute Gasteiger partial charge is 0.373 e. The maximum atomic E-state index is 6.81. The first-order chi connectivity index (χ1) is 32.5. The lowest BCUT2D eigenvalue weighted by molar-refractivity contribution is 0.0562. The van der Waals surface area contributed by atoms with E-state index in [2.05, 4.69) is 66.9 Å². The van der Waals surface area contributed by atoms with Crippen molar-refractivity contribution in [3.63, 3.8) is 0 Å². The minimum Gasteiger partial charge on any atom is -0.373 e. The highest BCUT2D eigenvalue weighted by molar-refractivity contribution is 9.26. The van der Waals surface area contributed by atoms with Gasteiger partial charge in [0, 0.05) is 39.6 Å². The van der Waals surface area contributed by atoms with E-state index in [-0.39, 0.29) is 9.75 Å². The molecule has 0 saturated heterocycles. The van der Waals surface area contributed by atoms with E-state index in [9.17, 15) is 0 Å². The molecule has 12 heteroatoms. The van der Waals surface area contributed by atoms with Crippen LogP contribution in [0.3, 0.4) is 0 Å². The van der Waals surface area contributed by atoms with Crippen molar-refractivity contribution in [3.05, 3.63) is 25.3 Å². The quantitative estimate of drug-likeness (QED) is 0.0255. The topological polar surface area (TPSA) is 55.4 Å². The molecule has 0 aromatic carbocycles. The molecule has 0 aliphatic heterocycles. The first kappa shape index (κ1) is 67.1. The predicted octanol–water partition coefficient (Wildman–Crippen LogP) is 20.0. The van der Waals surface area contributed by atoms with E-state index in [0.29, 0.717) is 39.6 Å². The third kappa shape index (κ3) is 37.8. The lowest BCUT2D eigenvalue weighted by Crippen LogP contribution is -2.55. The summed E-state index contributed by atoms with van der Waals surface area (Å²) in [6, 6.07) is 0. The van der Waals surface area contributed by atoms with Crippen LogP contribution in [-0.4, -0.2) is 67.0 Å². The van der Waals surface area contributed by atoms with Crippen molar-refractivity contribution in [2.24, 2.45) is 0 Å². The average molecular weight is 1040 g/mol. The fraction of sp³-hybridized carbons (Fsp3) is 0.926. The fourth-order valence-corrected chi connectivity index (χ4v) is 26.3. The Hall–Kier alpha value is 1.07. The van der Waals surface area contributed by atoms with Gasteiger partial charge in [-0.1, -0.05) is 229 Å². The van der Waals surface area contributed by atoms with Gasteiger partial charge in [0.25, 0.3) is 0 Å². The van der Waals surface area contributed by atoms with Gasteiger partial charge in [0.1, 0.15) is 0 Å². The summed E-state index contributed by atoms with van der Waals surface area (Å²) >= 11 is 0. The minimum atomic E-state index is -2.97. The Kier molecular flexibility index (Phi) is 53.3. The molecule has 0 saturated carbocycles. The van der Waals surface area contributed by atoms with Gasteiger partial charge >= 0.3 is 17.6 Å². The number of hydrogen-bond donors (Lipinski definition) is 0. The van der Waals surface area contributed by atoms with Gasteiger partial charge in [-0.05, 0) is 96.7 Å². The van der Waals surface area contributed by atoms with Gasteiger partial charge in [-0.2, -0.15) is 0 Å². The van der Waals surface area contributed by atoms with Crippen LogP contribution >= 0.6 is 41.2 Å². The number of rotatable bonds is 57. The molecular weight excluding hydrogens is 929 g/mol. The zero-order chi connectivity index (χ0) is 48.3. The van der Waals surface area contributed by atoms with Gasteiger partial charge in [-0.25, -0.2) is 0 Å². The molecule has 0 spiro atoms. The highest BCUT2D eigenvalue weighted by Gasteiger charge is 2.52. The Morgan fingerprint density at radius 1 is 0.318 bits per heavy atom. The highest BCUT2D eigenvalue weighted by atomic mass is 33.7. The third-order valence-electron chi connectivity index (χ3n) is 11.9. The largest absolute Gasteiger partial charge is 0.515 e. The van der Waals surface area contributed by atoms with Crippen molar-refractivity contribution in [1.29, 1.82) is 0 Å². The summed E-state index contributed by atoms with van der Waals surface area (Å²) in [6.07, 6.45) is 49.4. The average Bonchev–Trinajstić information content (AvgIpc) is 3.33. The van der Waals surface area contributed by atoms with Crippen LogP contribution in [0.4, 0.5) is 0 Å². The normalized spacial score (nSPS) is 13.1. The summed E-state index contributed by atoms with van der Waals surface area (Å²) in [6.45, 7) is 25.0. The summed E-state index contributed by atoms with van der Waals surface area (Å²) in [4.78, 5) is 0.378. The number of allylic oxidation sites excluding steroid dienone is 2. The van der Waals surface area contributed by atoms with E-state index < -0.39 is 17.6 Å². The van der Waals surface area contributed by atoms with Gasteiger partial charge in [0.15, 0.2) is 0 Å². The van der Waals surface area contributed by atoms with Crippen molar-refractivity contribution in [3.8, 4) is 0 Å². The zero-order valence-corrected chi connectivity index (χ0v) is 49.8. The first-order valence-electron chi connectivity index (χ1n) is 28.2. The molecule has 66 heavy (non-hydrogen) atoms. The van der Waals surface area contributed by atoms with Crippen molar-refractivity contribution < 1.29 is 26.6 Å². The molecule has 0 radical (unpaired) electrons. The summed E-state index contributed by atoms with van der Waals surface area (Å²) in [5, 5.41) is 0. The third-order valence-corrected chi connectivity index (χ3v) is 27.8. The number of hydrogen-bond acceptors (Lipinski definition) is 10. The Bertz CT molecular complexity index is 885. The van der Waals surface area contributed by atoms with Crippen LogP contribution in [0.1, 0.15) is 273 Å². The molecule has 2 unspecified atom stereocenters. The molecule has 0 amide bonds. The first-order valence-corrected chi connectivity index (χ1v) is 36.7. The van der Waals surface area contributed by atoms with Crippen LogP contribution in [0.2, 0.25) is 0 Å². The van der Waals surface area contributed by atoms with E-state index in [1.807, 2.05) is 41.2 Å². The molecular formula is C54H110O6S4Si2. The van der Waals surface area contributed by atoms with Crippen LogP contribution in [0.5, 0.6) is 0 Å². The molecule has 0 N–H and O–H groups in total. The van der Waals surface area contributed by atoms with Crippen LogP contribution in [0.15, 0.2) is 25.3 Å². The molecule has 0 heterocycles. The minimum absolute atomic E-state index is 0.189. The second-order valence-electron chi connectivity index (χ2n) is 18.5. The zero-order valence-electron chi connectivity index (χ0n) is 44.5. The van der Waals surface area contributed by atoms with Gasteiger partial charge in [-0.15, -0.1) is 13.2 Å². The molecule has 2 atom stereocenters. The Labute approximate surface area is 430 Å². The number of unbranched alkanes of at least 4 members (excludes halogenated alkanes) is 26. The van der Waals surface area contributed by atoms with E-state index in [4.69, 9.17) is 26.6 Å². The van der Waals surface area contributed by atoms with Crippen molar-refractivity contribution in [2.75, 3.05) is 39.6 Å². The molecule has 0 aliphatic rings. The lowest BCUT2D eigenvalue weighted by Gasteiger charge is -2.36. The SMILES string of the molecule is C=CCCCCCCCCCCCCCCCC(SSSSC(CCCCCCCCCCCCCCCC=C)[Si](OCCC)(OCCC)OCCC)[Si](OCCC)(OCCC)OCCC. The molecule has 0 aromatic heterocycles. The lowest BCUT2D eigenvalue weighted by atomic mass is 10.0.